The molecule has 0 saturated carbocycles. The van der Waals surface area contributed by atoms with Crippen LogP contribution in [-0.2, 0) is 6.54 Å². The zero-order chi connectivity index (χ0) is 17.1. The molecule has 1 atom stereocenters. The summed E-state index contributed by atoms with van der Waals surface area (Å²) in [4.78, 5) is 29.8. The van der Waals surface area contributed by atoms with Crippen molar-refractivity contribution in [1.29, 1.82) is 0 Å². The molecule has 1 aromatic carbocycles. The van der Waals surface area contributed by atoms with Crippen LogP contribution in [0.3, 0.4) is 0 Å². The van der Waals surface area contributed by atoms with Gasteiger partial charge in [-0.05, 0) is 50.7 Å². The topological polar surface area (TPSA) is 58.1 Å². The zero-order valence-corrected chi connectivity index (χ0v) is 14.9. The Hall–Kier alpha value is -1.95. The van der Waals surface area contributed by atoms with Gasteiger partial charge in [-0.2, -0.15) is 0 Å². The van der Waals surface area contributed by atoms with Crippen LogP contribution in [0.15, 0.2) is 23.0 Å². The molecule has 5 nitrogen and oxygen atoms in total. The van der Waals surface area contributed by atoms with Crippen LogP contribution in [0.1, 0.15) is 44.0 Å². The first-order chi connectivity index (χ1) is 10.9. The van der Waals surface area contributed by atoms with E-state index in [0.29, 0.717) is 27.8 Å². The molecule has 0 unspecified atom stereocenters. The van der Waals surface area contributed by atoms with Crippen molar-refractivity contribution in [3.8, 4) is 0 Å². The average Bonchev–Trinajstić information content (AvgIpc) is 2.53. The smallest absolute Gasteiger partial charge is 0.262 e. The molecule has 124 valence electrons. The number of nitrogens with one attached hydrogen (secondary N) is 1. The van der Waals surface area contributed by atoms with Crippen molar-refractivity contribution in [3.63, 3.8) is 0 Å². The highest BCUT2D eigenvalue weighted by atomic mass is 32.1. The summed E-state index contributed by atoms with van der Waals surface area (Å²) in [5, 5.41) is 0.543. The molecule has 1 aromatic heterocycles. The number of fused-ring (bicyclic) bond motifs is 1. The Morgan fingerprint density at radius 1 is 1.39 bits per heavy atom. The van der Waals surface area contributed by atoms with Gasteiger partial charge in [-0.3, -0.25) is 14.2 Å². The molecule has 0 aliphatic heterocycles. The SMILES string of the molecule is CCC[C@H](C)N(C)C(=O)c1ccc2c(=O)n(CC)c(=S)[nH]c2c1. The van der Waals surface area contributed by atoms with Gasteiger partial charge in [0.1, 0.15) is 0 Å². The van der Waals surface area contributed by atoms with Gasteiger partial charge in [0.05, 0.1) is 10.9 Å². The third-order valence-electron chi connectivity index (χ3n) is 4.23. The van der Waals surface area contributed by atoms with E-state index >= 15 is 0 Å². The van der Waals surface area contributed by atoms with E-state index in [1.165, 1.54) is 4.57 Å². The van der Waals surface area contributed by atoms with Gasteiger partial charge in [-0.25, -0.2) is 0 Å². The molecule has 0 radical (unpaired) electrons. The number of benzene rings is 1. The minimum absolute atomic E-state index is 0.0492. The molecule has 1 amide bonds. The highest BCUT2D eigenvalue weighted by molar-refractivity contribution is 7.71. The molecule has 2 rings (SSSR count). The van der Waals surface area contributed by atoms with E-state index in [2.05, 4.69) is 11.9 Å². The number of amides is 1. The van der Waals surface area contributed by atoms with Gasteiger partial charge in [0.15, 0.2) is 4.77 Å². The van der Waals surface area contributed by atoms with Crippen LogP contribution in [0, 0.1) is 4.77 Å². The second kappa shape index (κ2) is 7.08. The van der Waals surface area contributed by atoms with Crippen molar-refractivity contribution < 1.29 is 4.79 Å². The largest absolute Gasteiger partial charge is 0.339 e. The average molecular weight is 333 g/mol. The Labute approximate surface area is 140 Å². The van der Waals surface area contributed by atoms with Gasteiger partial charge in [0, 0.05) is 25.2 Å². The molecule has 0 fully saturated rings. The molecule has 0 aliphatic carbocycles. The fraction of sp³-hybridized carbons (Fsp3) is 0.471. The van der Waals surface area contributed by atoms with E-state index in [1.54, 1.807) is 23.1 Å². The van der Waals surface area contributed by atoms with Crippen molar-refractivity contribution >= 4 is 29.0 Å². The van der Waals surface area contributed by atoms with Crippen molar-refractivity contribution in [3.05, 3.63) is 38.9 Å². The molecule has 0 saturated heterocycles. The summed E-state index contributed by atoms with van der Waals surface area (Å²) in [6, 6.07) is 5.29. The van der Waals surface area contributed by atoms with Gasteiger partial charge in [-0.15, -0.1) is 0 Å². The number of hydrogen-bond acceptors (Lipinski definition) is 3. The lowest BCUT2D eigenvalue weighted by Gasteiger charge is -2.24. The summed E-state index contributed by atoms with van der Waals surface area (Å²) >= 11 is 5.21. The van der Waals surface area contributed by atoms with E-state index < -0.39 is 0 Å². The number of carbonyl (C=O) groups excluding carboxylic acids is 1. The Kier molecular flexibility index (Phi) is 5.36. The van der Waals surface area contributed by atoms with Crippen LogP contribution in [-0.4, -0.2) is 33.4 Å². The van der Waals surface area contributed by atoms with Crippen molar-refractivity contribution in [2.75, 3.05) is 7.05 Å². The fourth-order valence-corrected chi connectivity index (χ4v) is 3.01. The number of carbonyl (C=O) groups is 1. The highest BCUT2D eigenvalue weighted by Gasteiger charge is 2.17. The second-order valence-corrected chi connectivity index (χ2v) is 6.18. The molecule has 6 heteroatoms. The maximum Gasteiger partial charge on any atom is 0.262 e. The quantitative estimate of drug-likeness (QED) is 0.854. The summed E-state index contributed by atoms with van der Waals surface area (Å²) in [6.45, 7) is 6.53. The van der Waals surface area contributed by atoms with Gasteiger partial charge >= 0.3 is 0 Å². The van der Waals surface area contributed by atoms with Crippen LogP contribution in [0.2, 0.25) is 0 Å². The monoisotopic (exact) mass is 333 g/mol. The van der Waals surface area contributed by atoms with Gasteiger partial charge in [0.2, 0.25) is 0 Å². The predicted octanol–water partition coefficient (Wildman–Crippen LogP) is 3.34. The maximum absolute atomic E-state index is 12.6. The summed E-state index contributed by atoms with van der Waals surface area (Å²) < 4.78 is 1.89. The predicted molar refractivity (Wildman–Crippen MR) is 95.5 cm³/mol. The first kappa shape index (κ1) is 17.4. The van der Waals surface area contributed by atoms with Crippen LogP contribution >= 0.6 is 12.2 Å². The van der Waals surface area contributed by atoms with E-state index in [4.69, 9.17) is 12.2 Å². The molecule has 1 heterocycles. The first-order valence-corrected chi connectivity index (χ1v) is 8.35. The number of hydrogen-bond donors (Lipinski definition) is 1. The van der Waals surface area contributed by atoms with Crippen LogP contribution < -0.4 is 5.56 Å². The number of nitrogens with zero attached hydrogens (tertiary/aromatic N) is 2. The zero-order valence-electron chi connectivity index (χ0n) is 14.0. The Morgan fingerprint density at radius 2 is 2.09 bits per heavy atom. The van der Waals surface area contributed by atoms with Gasteiger partial charge in [0.25, 0.3) is 11.5 Å². The highest BCUT2D eigenvalue weighted by Crippen LogP contribution is 2.15. The van der Waals surface area contributed by atoms with Crippen LogP contribution in [0.5, 0.6) is 0 Å². The molecular weight excluding hydrogens is 310 g/mol. The third-order valence-corrected chi connectivity index (χ3v) is 4.56. The fourth-order valence-electron chi connectivity index (χ4n) is 2.69. The number of rotatable bonds is 5. The van der Waals surface area contributed by atoms with Gasteiger partial charge < -0.3 is 9.88 Å². The lowest BCUT2D eigenvalue weighted by atomic mass is 10.1. The third kappa shape index (κ3) is 3.37. The Bertz CT molecular complexity index is 838. The number of aromatic nitrogens is 2. The van der Waals surface area contributed by atoms with E-state index in [0.717, 1.165) is 12.8 Å². The maximum atomic E-state index is 12.6. The standard InChI is InChI=1S/C17H23N3O2S/c1-5-7-11(3)19(4)15(21)12-8-9-13-14(10-12)18-17(23)20(6-2)16(13)22/h8-11H,5-7H2,1-4H3,(H,18,23)/t11-/m0/s1. The van der Waals surface area contributed by atoms with E-state index in [-0.39, 0.29) is 17.5 Å². The van der Waals surface area contributed by atoms with E-state index in [9.17, 15) is 9.59 Å². The summed E-state index contributed by atoms with van der Waals surface area (Å²) in [7, 11) is 1.81. The Balaban J connectivity index is 2.47. The molecular formula is C17H23N3O2S. The second-order valence-electron chi connectivity index (χ2n) is 5.79. The summed E-state index contributed by atoms with van der Waals surface area (Å²) in [5.41, 5.74) is 1.03. The minimum atomic E-state index is -0.127. The molecule has 0 bridgehead atoms. The first-order valence-electron chi connectivity index (χ1n) is 7.94. The van der Waals surface area contributed by atoms with Crippen molar-refractivity contribution in [1.82, 2.24) is 14.5 Å². The Morgan fingerprint density at radius 3 is 2.70 bits per heavy atom. The lowest BCUT2D eigenvalue weighted by Crippen LogP contribution is -2.35. The molecule has 0 aliphatic rings. The summed E-state index contributed by atoms with van der Waals surface area (Å²) in [6.07, 6.45) is 1.99. The molecule has 2 aromatic rings. The van der Waals surface area contributed by atoms with Crippen molar-refractivity contribution in [2.24, 2.45) is 0 Å². The number of aromatic amines is 1. The van der Waals surface area contributed by atoms with Crippen molar-refractivity contribution in [2.45, 2.75) is 46.2 Å². The van der Waals surface area contributed by atoms with Gasteiger partial charge in [-0.1, -0.05) is 13.3 Å². The molecule has 1 N–H and O–H groups in total. The molecule has 23 heavy (non-hydrogen) atoms. The summed E-state index contributed by atoms with van der Waals surface area (Å²) in [5.74, 6) is -0.0492. The van der Waals surface area contributed by atoms with E-state index in [1.807, 2.05) is 20.9 Å². The van der Waals surface area contributed by atoms with Crippen LogP contribution in [0.4, 0.5) is 0 Å². The lowest BCUT2D eigenvalue weighted by molar-refractivity contribution is 0.0737. The minimum Gasteiger partial charge on any atom is -0.339 e. The normalized spacial score (nSPS) is 12.3. The van der Waals surface area contributed by atoms with Crippen LogP contribution in [0.25, 0.3) is 10.9 Å². The number of H-pyrrole nitrogens is 1. The molecule has 0 spiro atoms.